The summed E-state index contributed by atoms with van der Waals surface area (Å²) in [5.74, 6) is 1.28. The maximum atomic E-state index is 5.52. The van der Waals surface area contributed by atoms with Gasteiger partial charge in [0.05, 0.1) is 12.7 Å². The van der Waals surface area contributed by atoms with E-state index in [1.165, 1.54) is 0 Å². The molecule has 0 radical (unpaired) electrons. The van der Waals surface area contributed by atoms with Gasteiger partial charge in [0.15, 0.2) is 0 Å². The van der Waals surface area contributed by atoms with Crippen molar-refractivity contribution < 1.29 is 9.47 Å². The molecule has 5 heteroatoms. The molecule has 0 bridgehead atoms. The van der Waals surface area contributed by atoms with E-state index in [1.54, 1.807) is 12.3 Å². The molecule has 1 aliphatic heterocycles. The first-order chi connectivity index (χ1) is 8.78. The first-order valence-electron chi connectivity index (χ1n) is 6.62. The van der Waals surface area contributed by atoms with E-state index in [0.717, 1.165) is 25.9 Å². The number of nitrogens with zero attached hydrogens (tertiary/aromatic N) is 2. The van der Waals surface area contributed by atoms with Crippen LogP contribution >= 0.6 is 0 Å². The van der Waals surface area contributed by atoms with Crippen LogP contribution in [-0.2, 0) is 4.74 Å². The molecule has 0 aromatic carbocycles. The highest BCUT2D eigenvalue weighted by molar-refractivity contribution is 5.29. The third-order valence-corrected chi connectivity index (χ3v) is 2.90. The molecular formula is C13H21N3O2. The predicted octanol–water partition coefficient (Wildman–Crippen LogP) is 2.24. The van der Waals surface area contributed by atoms with E-state index in [1.807, 2.05) is 0 Å². The molecule has 100 valence electrons. The van der Waals surface area contributed by atoms with E-state index in [2.05, 4.69) is 29.1 Å². The van der Waals surface area contributed by atoms with E-state index in [-0.39, 0.29) is 0 Å². The fourth-order valence-electron chi connectivity index (χ4n) is 2.01. The fourth-order valence-corrected chi connectivity index (χ4v) is 2.01. The van der Waals surface area contributed by atoms with Crippen molar-refractivity contribution in [1.82, 2.24) is 9.97 Å². The van der Waals surface area contributed by atoms with Gasteiger partial charge in [-0.15, -0.1) is 0 Å². The van der Waals surface area contributed by atoms with Crippen molar-refractivity contribution in [2.75, 3.05) is 18.5 Å². The van der Waals surface area contributed by atoms with Crippen LogP contribution in [-0.4, -0.2) is 35.3 Å². The number of aromatic nitrogens is 2. The molecule has 0 saturated carbocycles. The zero-order chi connectivity index (χ0) is 12.8. The smallest absolute Gasteiger partial charge is 0.226 e. The van der Waals surface area contributed by atoms with E-state index in [9.17, 15) is 0 Å². The maximum Gasteiger partial charge on any atom is 0.226 e. The standard InChI is InChI=1S/C13H21N3O2/c1-3-7-18-12-4-6-14-13(16-12)15-11-5-8-17-10(2)9-11/h4,6,10-11H,3,5,7-9H2,1-2H3,(H,14,15,16). The summed E-state index contributed by atoms with van der Waals surface area (Å²) in [7, 11) is 0. The Hall–Kier alpha value is -1.36. The van der Waals surface area contributed by atoms with Crippen molar-refractivity contribution in [2.24, 2.45) is 0 Å². The minimum atomic E-state index is 0.302. The van der Waals surface area contributed by atoms with Gasteiger partial charge >= 0.3 is 0 Å². The molecule has 0 amide bonds. The molecule has 1 aliphatic rings. The fraction of sp³-hybridized carbons (Fsp3) is 0.692. The lowest BCUT2D eigenvalue weighted by Gasteiger charge is -2.27. The lowest BCUT2D eigenvalue weighted by Crippen LogP contribution is -2.33. The van der Waals surface area contributed by atoms with Crippen LogP contribution in [0.5, 0.6) is 5.88 Å². The zero-order valence-corrected chi connectivity index (χ0v) is 11.1. The van der Waals surface area contributed by atoms with Gasteiger partial charge in [0.2, 0.25) is 11.8 Å². The molecule has 0 spiro atoms. The van der Waals surface area contributed by atoms with Gasteiger partial charge in [-0.2, -0.15) is 4.98 Å². The quantitative estimate of drug-likeness (QED) is 0.869. The van der Waals surface area contributed by atoms with Crippen LogP contribution in [0.1, 0.15) is 33.1 Å². The van der Waals surface area contributed by atoms with Gasteiger partial charge in [-0.3, -0.25) is 0 Å². The van der Waals surface area contributed by atoms with Gasteiger partial charge in [0, 0.05) is 24.9 Å². The van der Waals surface area contributed by atoms with Crippen molar-refractivity contribution >= 4 is 5.95 Å². The average Bonchev–Trinajstić information content (AvgIpc) is 2.37. The molecule has 2 heterocycles. The second kappa shape index (κ2) is 6.54. The van der Waals surface area contributed by atoms with Crippen LogP contribution in [0.2, 0.25) is 0 Å². The highest BCUT2D eigenvalue weighted by Gasteiger charge is 2.19. The molecule has 1 saturated heterocycles. The van der Waals surface area contributed by atoms with Crippen LogP contribution in [0.4, 0.5) is 5.95 Å². The Morgan fingerprint density at radius 3 is 3.22 bits per heavy atom. The molecule has 1 aromatic rings. The van der Waals surface area contributed by atoms with Crippen LogP contribution in [0, 0.1) is 0 Å². The SMILES string of the molecule is CCCOc1ccnc(NC2CCOC(C)C2)n1. The van der Waals surface area contributed by atoms with E-state index in [0.29, 0.717) is 30.6 Å². The minimum absolute atomic E-state index is 0.302. The Morgan fingerprint density at radius 2 is 2.44 bits per heavy atom. The minimum Gasteiger partial charge on any atom is -0.478 e. The van der Waals surface area contributed by atoms with Crippen LogP contribution in [0.3, 0.4) is 0 Å². The van der Waals surface area contributed by atoms with Gasteiger partial charge in [-0.05, 0) is 26.2 Å². The Bertz CT molecular complexity index is 373. The normalized spacial score (nSPS) is 23.7. The number of anilines is 1. The van der Waals surface area contributed by atoms with Crippen LogP contribution < -0.4 is 10.1 Å². The number of nitrogens with one attached hydrogen (secondary N) is 1. The summed E-state index contributed by atoms with van der Waals surface area (Å²) < 4.78 is 11.0. The molecule has 1 N–H and O–H groups in total. The first-order valence-corrected chi connectivity index (χ1v) is 6.62. The topological polar surface area (TPSA) is 56.3 Å². The Labute approximate surface area is 108 Å². The third kappa shape index (κ3) is 3.84. The summed E-state index contributed by atoms with van der Waals surface area (Å²) in [4.78, 5) is 8.57. The highest BCUT2D eigenvalue weighted by atomic mass is 16.5. The largest absolute Gasteiger partial charge is 0.478 e. The molecule has 1 aromatic heterocycles. The maximum absolute atomic E-state index is 5.52. The van der Waals surface area contributed by atoms with E-state index >= 15 is 0 Å². The summed E-state index contributed by atoms with van der Waals surface area (Å²) in [6, 6.07) is 2.17. The molecule has 1 fully saturated rings. The van der Waals surface area contributed by atoms with Gasteiger partial charge in [0.1, 0.15) is 0 Å². The lowest BCUT2D eigenvalue weighted by atomic mass is 10.0. The third-order valence-electron chi connectivity index (χ3n) is 2.90. The van der Waals surface area contributed by atoms with Crippen molar-refractivity contribution in [3.05, 3.63) is 12.3 Å². The monoisotopic (exact) mass is 251 g/mol. The summed E-state index contributed by atoms with van der Waals surface area (Å²) in [5.41, 5.74) is 0. The van der Waals surface area contributed by atoms with E-state index in [4.69, 9.17) is 9.47 Å². The number of rotatable bonds is 5. The zero-order valence-electron chi connectivity index (χ0n) is 11.1. The Balaban J connectivity index is 1.91. The number of ether oxygens (including phenoxy) is 2. The van der Waals surface area contributed by atoms with Crippen molar-refractivity contribution in [3.63, 3.8) is 0 Å². The van der Waals surface area contributed by atoms with Crippen molar-refractivity contribution in [1.29, 1.82) is 0 Å². The first kappa shape index (κ1) is 13.1. The summed E-state index contributed by atoms with van der Waals surface area (Å²) in [6.07, 6.45) is 4.99. The Morgan fingerprint density at radius 1 is 1.56 bits per heavy atom. The van der Waals surface area contributed by atoms with Gasteiger partial charge in [-0.1, -0.05) is 6.92 Å². The molecule has 2 unspecified atom stereocenters. The molecular weight excluding hydrogens is 230 g/mol. The van der Waals surface area contributed by atoms with Crippen LogP contribution in [0.25, 0.3) is 0 Å². The second-order valence-electron chi connectivity index (χ2n) is 4.61. The molecule has 5 nitrogen and oxygen atoms in total. The average molecular weight is 251 g/mol. The predicted molar refractivity (Wildman–Crippen MR) is 69.9 cm³/mol. The highest BCUT2D eigenvalue weighted by Crippen LogP contribution is 2.17. The molecule has 18 heavy (non-hydrogen) atoms. The number of hydrogen-bond acceptors (Lipinski definition) is 5. The Kier molecular flexibility index (Phi) is 4.75. The van der Waals surface area contributed by atoms with Gasteiger partial charge in [-0.25, -0.2) is 4.98 Å². The molecule has 2 rings (SSSR count). The molecule has 2 atom stereocenters. The summed E-state index contributed by atoms with van der Waals surface area (Å²) in [5, 5.41) is 3.35. The second-order valence-corrected chi connectivity index (χ2v) is 4.61. The number of hydrogen-bond donors (Lipinski definition) is 1. The van der Waals surface area contributed by atoms with E-state index < -0.39 is 0 Å². The summed E-state index contributed by atoms with van der Waals surface area (Å²) >= 11 is 0. The van der Waals surface area contributed by atoms with Gasteiger partial charge in [0.25, 0.3) is 0 Å². The lowest BCUT2D eigenvalue weighted by molar-refractivity contribution is 0.0231. The van der Waals surface area contributed by atoms with Crippen molar-refractivity contribution in [2.45, 2.75) is 45.3 Å². The van der Waals surface area contributed by atoms with Crippen molar-refractivity contribution in [3.8, 4) is 5.88 Å². The van der Waals surface area contributed by atoms with Gasteiger partial charge < -0.3 is 14.8 Å². The van der Waals surface area contributed by atoms with Crippen LogP contribution in [0.15, 0.2) is 12.3 Å². The summed E-state index contributed by atoms with van der Waals surface area (Å²) in [6.45, 7) is 5.65. The molecule has 0 aliphatic carbocycles.